The normalized spacial score (nSPS) is 16.6. The molecule has 1 fully saturated rings. The number of nitrogens with zero attached hydrogens (tertiary/aromatic N) is 1. The molecular formula is C32H28N2O4. The molecule has 5 rings (SSSR count). The lowest BCUT2D eigenvalue weighted by Gasteiger charge is -2.28. The van der Waals surface area contributed by atoms with E-state index < -0.39 is 23.5 Å². The Morgan fingerprint density at radius 2 is 1.66 bits per heavy atom. The standard InChI is InChI=1S/C32H28N2O4/c1-21-10-12-25(13-11-21)29-28(31(36)32(37)34(29)19-24-9-6-16-33-18-24)30(35)27-15-14-26(17-22(27)2)38-20-23-7-4-3-5-8-23/h3-18,29,35H,19-20H2,1-2H3/b30-28+. The number of benzene rings is 3. The molecule has 0 aliphatic carbocycles. The molecule has 6 heteroatoms. The number of aromatic nitrogens is 1. The summed E-state index contributed by atoms with van der Waals surface area (Å²) in [6, 6.07) is 25.5. The molecule has 1 saturated heterocycles. The van der Waals surface area contributed by atoms with Gasteiger partial charge in [0.15, 0.2) is 12.4 Å². The third-order valence-corrected chi connectivity index (χ3v) is 6.74. The molecule has 1 amide bonds. The molecule has 1 aliphatic heterocycles. The number of rotatable bonds is 7. The number of H-pyrrole nitrogens is 1. The molecule has 1 atom stereocenters. The Bertz CT molecular complexity index is 1500. The van der Waals surface area contributed by atoms with E-state index in [1.54, 1.807) is 30.6 Å². The minimum absolute atomic E-state index is 0.0279. The summed E-state index contributed by atoms with van der Waals surface area (Å²) < 4.78 is 5.91. The van der Waals surface area contributed by atoms with E-state index in [0.717, 1.165) is 22.3 Å². The molecule has 1 aromatic heterocycles. The second-order valence-corrected chi connectivity index (χ2v) is 9.48. The van der Waals surface area contributed by atoms with Crippen molar-refractivity contribution < 1.29 is 24.4 Å². The van der Waals surface area contributed by atoms with Crippen LogP contribution < -0.4 is 14.8 Å². The van der Waals surface area contributed by atoms with E-state index in [0.29, 0.717) is 23.5 Å². The lowest BCUT2D eigenvalue weighted by Crippen LogP contribution is -2.29. The van der Waals surface area contributed by atoms with Crippen molar-refractivity contribution in [3.63, 3.8) is 0 Å². The Morgan fingerprint density at radius 1 is 0.921 bits per heavy atom. The first-order chi connectivity index (χ1) is 18.4. The monoisotopic (exact) mass is 504 g/mol. The van der Waals surface area contributed by atoms with Crippen molar-refractivity contribution in [3.8, 4) is 5.75 Å². The molecule has 38 heavy (non-hydrogen) atoms. The highest BCUT2D eigenvalue weighted by molar-refractivity contribution is 6.46. The van der Waals surface area contributed by atoms with Gasteiger partial charge in [0, 0.05) is 17.2 Å². The molecule has 2 heterocycles. The number of hydrogen-bond acceptors (Lipinski definition) is 4. The van der Waals surface area contributed by atoms with Gasteiger partial charge >= 0.3 is 0 Å². The van der Waals surface area contributed by atoms with Crippen molar-refractivity contribution in [2.75, 3.05) is 0 Å². The van der Waals surface area contributed by atoms with Crippen LogP contribution in [0.3, 0.4) is 0 Å². The Hall–Kier alpha value is -4.71. The summed E-state index contributed by atoms with van der Waals surface area (Å²) in [6.07, 6.45) is 3.55. The van der Waals surface area contributed by atoms with Crippen LogP contribution in [0.4, 0.5) is 0 Å². The Morgan fingerprint density at radius 3 is 2.34 bits per heavy atom. The third kappa shape index (κ3) is 5.06. The summed E-state index contributed by atoms with van der Waals surface area (Å²) in [5.74, 6) is -1.26. The van der Waals surface area contributed by atoms with E-state index in [1.807, 2.05) is 80.6 Å². The van der Waals surface area contributed by atoms with Gasteiger partial charge in [0.2, 0.25) is 5.78 Å². The van der Waals surface area contributed by atoms with Crippen LogP contribution in [0.25, 0.3) is 5.76 Å². The van der Waals surface area contributed by atoms with E-state index in [-0.39, 0.29) is 12.1 Å². The highest BCUT2D eigenvalue weighted by atomic mass is 16.5. The molecule has 3 aromatic carbocycles. The molecule has 0 bridgehead atoms. The topological polar surface area (TPSA) is 83.8 Å². The second-order valence-electron chi connectivity index (χ2n) is 9.48. The van der Waals surface area contributed by atoms with Gasteiger partial charge in [-0.2, -0.15) is 0 Å². The Kier molecular flexibility index (Phi) is 7.05. The molecule has 1 N–H and O–H groups in total. The van der Waals surface area contributed by atoms with Gasteiger partial charge in [-0.05, 0) is 54.3 Å². The van der Waals surface area contributed by atoms with Gasteiger partial charge in [-0.1, -0.05) is 72.0 Å². The molecular weight excluding hydrogens is 476 g/mol. The fraction of sp³-hybridized carbons (Fsp3) is 0.156. The number of likely N-dealkylation sites (tertiary alicyclic amines) is 1. The van der Waals surface area contributed by atoms with Crippen molar-refractivity contribution in [1.29, 1.82) is 0 Å². The van der Waals surface area contributed by atoms with Gasteiger partial charge in [-0.3, -0.25) is 9.59 Å². The molecule has 1 aliphatic rings. The van der Waals surface area contributed by atoms with Gasteiger partial charge in [-0.15, -0.1) is 0 Å². The van der Waals surface area contributed by atoms with E-state index in [2.05, 4.69) is 4.98 Å². The van der Waals surface area contributed by atoms with E-state index in [9.17, 15) is 14.7 Å². The zero-order chi connectivity index (χ0) is 26.6. The van der Waals surface area contributed by atoms with Crippen molar-refractivity contribution in [2.24, 2.45) is 0 Å². The van der Waals surface area contributed by atoms with Crippen LogP contribution in [-0.4, -0.2) is 16.6 Å². The number of nitrogens with one attached hydrogen (secondary N) is 1. The number of hydrogen-bond donors (Lipinski definition) is 0. The van der Waals surface area contributed by atoms with Crippen molar-refractivity contribution in [3.05, 3.63) is 136 Å². The van der Waals surface area contributed by atoms with E-state index in [4.69, 9.17) is 4.74 Å². The average molecular weight is 505 g/mol. The number of ether oxygens (including phenoxy) is 1. The van der Waals surface area contributed by atoms with Crippen molar-refractivity contribution >= 4 is 17.4 Å². The summed E-state index contributed by atoms with van der Waals surface area (Å²) in [4.78, 5) is 31.1. The molecule has 6 nitrogen and oxygen atoms in total. The van der Waals surface area contributed by atoms with Gasteiger partial charge in [0.25, 0.3) is 5.91 Å². The average Bonchev–Trinajstić information content (AvgIpc) is 3.18. The molecule has 0 radical (unpaired) electrons. The predicted octanol–water partition coefficient (Wildman–Crippen LogP) is 4.12. The summed E-state index contributed by atoms with van der Waals surface area (Å²) in [7, 11) is 0. The SMILES string of the molecule is Cc1ccc(C2/C(=C(\[O-])c3ccc(OCc4ccccc4)cc3C)C(=O)C(=O)N2Cc2ccc[nH+]c2)cc1. The zero-order valence-corrected chi connectivity index (χ0v) is 21.3. The van der Waals surface area contributed by atoms with Gasteiger partial charge in [0.05, 0.1) is 12.6 Å². The maximum absolute atomic E-state index is 13.9. The number of carbonyl (C=O) groups is 2. The second kappa shape index (κ2) is 10.7. The minimum Gasteiger partial charge on any atom is -0.872 e. The smallest absolute Gasteiger partial charge is 0.295 e. The first kappa shape index (κ1) is 25.0. The maximum atomic E-state index is 13.9. The molecule has 190 valence electrons. The third-order valence-electron chi connectivity index (χ3n) is 6.74. The van der Waals surface area contributed by atoms with Gasteiger partial charge < -0.3 is 14.7 Å². The molecule has 0 spiro atoms. The van der Waals surface area contributed by atoms with Gasteiger partial charge in [-0.25, -0.2) is 4.98 Å². The van der Waals surface area contributed by atoms with Crippen LogP contribution >= 0.6 is 0 Å². The number of amides is 1. The van der Waals surface area contributed by atoms with Crippen LogP contribution in [0, 0.1) is 13.8 Å². The molecule has 1 unspecified atom stereocenters. The lowest BCUT2D eigenvalue weighted by atomic mass is 9.93. The number of Topliss-reactive ketones (excluding diaryl/α,β-unsaturated/α-hetero) is 1. The minimum atomic E-state index is -0.781. The zero-order valence-electron chi connectivity index (χ0n) is 21.3. The fourth-order valence-electron chi connectivity index (χ4n) is 4.72. The summed E-state index contributed by atoms with van der Waals surface area (Å²) in [5, 5.41) is 13.9. The van der Waals surface area contributed by atoms with Gasteiger partial charge in [0.1, 0.15) is 12.4 Å². The largest absolute Gasteiger partial charge is 0.872 e. The first-order valence-electron chi connectivity index (χ1n) is 12.5. The quantitative estimate of drug-likeness (QED) is 0.215. The van der Waals surface area contributed by atoms with Crippen LogP contribution in [0.5, 0.6) is 5.75 Å². The fourth-order valence-corrected chi connectivity index (χ4v) is 4.72. The summed E-state index contributed by atoms with van der Waals surface area (Å²) >= 11 is 0. The molecule has 4 aromatic rings. The van der Waals surface area contributed by atoms with Crippen LogP contribution in [0.15, 0.2) is 103 Å². The number of carbonyl (C=O) groups excluding carboxylic acids is 2. The Labute approximate surface area is 221 Å². The summed E-state index contributed by atoms with van der Waals surface area (Å²) in [5.41, 5.74) is 4.65. The van der Waals surface area contributed by atoms with Crippen molar-refractivity contribution in [2.45, 2.75) is 33.0 Å². The Balaban J connectivity index is 1.52. The summed E-state index contributed by atoms with van der Waals surface area (Å²) in [6.45, 7) is 4.37. The van der Waals surface area contributed by atoms with Crippen molar-refractivity contribution in [1.82, 2.24) is 4.90 Å². The molecule has 0 saturated carbocycles. The number of aryl methyl sites for hydroxylation is 2. The maximum Gasteiger partial charge on any atom is 0.295 e. The highest BCUT2D eigenvalue weighted by Gasteiger charge is 2.44. The number of aromatic amines is 1. The van der Waals surface area contributed by atoms with E-state index >= 15 is 0 Å². The van der Waals surface area contributed by atoms with Crippen LogP contribution in [0.1, 0.15) is 39.4 Å². The van der Waals surface area contributed by atoms with Crippen LogP contribution in [-0.2, 0) is 22.7 Å². The highest BCUT2D eigenvalue weighted by Crippen LogP contribution is 2.40. The number of ketones is 1. The number of pyridine rings is 1. The first-order valence-corrected chi connectivity index (χ1v) is 12.5. The van der Waals surface area contributed by atoms with E-state index in [1.165, 1.54) is 4.90 Å². The lowest BCUT2D eigenvalue weighted by molar-refractivity contribution is -0.378. The van der Waals surface area contributed by atoms with Crippen LogP contribution in [0.2, 0.25) is 0 Å². The predicted molar refractivity (Wildman–Crippen MR) is 141 cm³/mol.